The second-order valence-electron chi connectivity index (χ2n) is 4.75. The number of nitrogens with zero attached hydrogens (tertiary/aromatic N) is 1. The van der Waals surface area contributed by atoms with Gasteiger partial charge in [0.1, 0.15) is 18.2 Å². The monoisotopic (exact) mass is 306 g/mol. The summed E-state index contributed by atoms with van der Waals surface area (Å²) in [4.78, 5) is 10.6. The number of carbonyl (C=O) groups excluding carboxylic acids is 1. The zero-order valence-corrected chi connectivity index (χ0v) is 13.2. The molecule has 0 aliphatic carbocycles. The molecule has 0 amide bonds. The third-order valence-corrected chi connectivity index (χ3v) is 4.54. The van der Waals surface area contributed by atoms with Crippen molar-refractivity contribution in [3.8, 4) is 6.07 Å². The van der Waals surface area contributed by atoms with Gasteiger partial charge in [0.25, 0.3) is 0 Å². The van der Waals surface area contributed by atoms with E-state index >= 15 is 0 Å². The predicted octanol–water partition coefficient (Wildman–Crippen LogP) is 3.36. The van der Waals surface area contributed by atoms with E-state index in [2.05, 4.69) is 5.32 Å². The van der Waals surface area contributed by atoms with Crippen molar-refractivity contribution in [2.24, 2.45) is 0 Å². The van der Waals surface area contributed by atoms with Crippen LogP contribution in [0.1, 0.15) is 31.4 Å². The van der Waals surface area contributed by atoms with Gasteiger partial charge in [-0.15, -0.1) is 11.8 Å². The number of aldehydes is 1. The summed E-state index contributed by atoms with van der Waals surface area (Å²) in [6.07, 6.45) is 1.38. The summed E-state index contributed by atoms with van der Waals surface area (Å²) in [5, 5.41) is 14.2. The van der Waals surface area contributed by atoms with E-state index in [1.165, 1.54) is 6.07 Å². The van der Waals surface area contributed by atoms with Gasteiger partial charge < -0.3 is 10.1 Å². The van der Waals surface area contributed by atoms with Crippen molar-refractivity contribution in [3.63, 3.8) is 0 Å². The van der Waals surface area contributed by atoms with Crippen LogP contribution in [0.25, 0.3) is 5.57 Å². The molecule has 1 rings (SSSR count). The Bertz CT molecular complexity index is 566. The highest BCUT2D eigenvalue weighted by Crippen LogP contribution is 2.24. The average molecular weight is 306 g/mol. The van der Waals surface area contributed by atoms with Gasteiger partial charge in [-0.25, -0.2) is 4.39 Å². The largest absolute Gasteiger partial charge is 0.315 e. The molecule has 1 aromatic carbocycles. The maximum Gasteiger partial charge on any atom is 0.140 e. The van der Waals surface area contributed by atoms with Gasteiger partial charge in [0.15, 0.2) is 0 Å². The van der Waals surface area contributed by atoms with Gasteiger partial charge in [-0.2, -0.15) is 5.26 Å². The van der Waals surface area contributed by atoms with Gasteiger partial charge in [-0.1, -0.05) is 13.0 Å². The summed E-state index contributed by atoms with van der Waals surface area (Å²) >= 11 is 1.61. The lowest BCUT2D eigenvalue weighted by Crippen LogP contribution is -2.34. The molecule has 0 heterocycles. The lowest BCUT2D eigenvalue weighted by Gasteiger charge is -2.19. The minimum absolute atomic E-state index is 0.0485. The Morgan fingerprint density at radius 2 is 2.29 bits per heavy atom. The molecule has 1 aromatic rings. The predicted molar refractivity (Wildman–Crippen MR) is 85.3 cm³/mol. The first-order valence-corrected chi connectivity index (χ1v) is 7.61. The molecule has 112 valence electrons. The second kappa shape index (κ2) is 8.60. The van der Waals surface area contributed by atoms with Crippen molar-refractivity contribution in [2.45, 2.75) is 31.6 Å². The van der Waals surface area contributed by atoms with E-state index in [1.54, 1.807) is 23.9 Å². The Hall–Kier alpha value is -1.64. The van der Waals surface area contributed by atoms with Crippen molar-refractivity contribution < 1.29 is 9.18 Å². The van der Waals surface area contributed by atoms with Crippen LogP contribution in [0.5, 0.6) is 0 Å². The molecule has 0 fully saturated rings. The fourth-order valence-electron chi connectivity index (χ4n) is 1.88. The van der Waals surface area contributed by atoms with Crippen LogP contribution < -0.4 is 5.32 Å². The molecule has 0 spiro atoms. The molecule has 2 atom stereocenters. The summed E-state index contributed by atoms with van der Waals surface area (Å²) in [5.41, 5.74) is 1.83. The smallest absolute Gasteiger partial charge is 0.140 e. The van der Waals surface area contributed by atoms with Crippen LogP contribution in [0.4, 0.5) is 4.39 Å². The topological polar surface area (TPSA) is 52.9 Å². The first-order valence-electron chi connectivity index (χ1n) is 6.66. The summed E-state index contributed by atoms with van der Waals surface area (Å²) in [6, 6.07) is 6.47. The normalized spacial score (nSPS) is 14.3. The van der Waals surface area contributed by atoms with Crippen LogP contribution in [-0.4, -0.2) is 24.6 Å². The molecular formula is C16H19FN2OS. The lowest BCUT2D eigenvalue weighted by atomic mass is 10.1. The molecule has 5 heteroatoms. The third kappa shape index (κ3) is 5.00. The maximum atomic E-state index is 13.3. The molecule has 0 aliphatic heterocycles. The zero-order chi connectivity index (χ0) is 15.8. The van der Waals surface area contributed by atoms with E-state index < -0.39 is 5.82 Å². The number of allylic oxidation sites excluding steroid dienone is 1. The number of hydrogen-bond acceptors (Lipinski definition) is 4. The Morgan fingerprint density at radius 3 is 2.86 bits per heavy atom. The molecule has 0 bridgehead atoms. The van der Waals surface area contributed by atoms with Gasteiger partial charge in [0.2, 0.25) is 0 Å². The molecular weight excluding hydrogens is 287 g/mol. The Kier molecular flexibility index (Phi) is 7.13. The summed E-state index contributed by atoms with van der Waals surface area (Å²) < 4.78 is 13.3. The molecule has 0 saturated carbocycles. The summed E-state index contributed by atoms with van der Waals surface area (Å²) in [5.74, 6) is -0.503. The highest BCUT2D eigenvalue weighted by Gasteiger charge is 2.14. The van der Waals surface area contributed by atoms with Gasteiger partial charge in [-0.05, 0) is 42.6 Å². The van der Waals surface area contributed by atoms with E-state index in [9.17, 15) is 9.18 Å². The van der Waals surface area contributed by atoms with Crippen LogP contribution in [0.2, 0.25) is 0 Å². The standard InChI is InChI=1S/C16H19FN2OS/c1-11(10-21-12(2)16(19-3)6-7-20)13-4-5-15(17)14(8-13)9-18/h4-5,7-8,10,12,16,19H,6H2,1-3H3/b11-10+. The van der Waals surface area contributed by atoms with E-state index in [-0.39, 0.29) is 16.9 Å². The van der Waals surface area contributed by atoms with Crippen LogP contribution in [-0.2, 0) is 4.79 Å². The van der Waals surface area contributed by atoms with Crippen LogP contribution in [0.3, 0.4) is 0 Å². The molecule has 0 saturated heterocycles. The van der Waals surface area contributed by atoms with E-state index in [0.717, 1.165) is 17.4 Å². The number of benzene rings is 1. The minimum atomic E-state index is -0.503. The number of carbonyl (C=O) groups is 1. The highest BCUT2D eigenvalue weighted by molar-refractivity contribution is 8.02. The van der Waals surface area contributed by atoms with E-state index in [4.69, 9.17) is 5.26 Å². The summed E-state index contributed by atoms with van der Waals surface area (Å²) in [6.45, 7) is 3.96. The number of thioether (sulfide) groups is 1. The Morgan fingerprint density at radius 1 is 1.57 bits per heavy atom. The van der Waals surface area contributed by atoms with Crippen molar-refractivity contribution in [1.29, 1.82) is 5.26 Å². The average Bonchev–Trinajstić information content (AvgIpc) is 2.50. The fourth-order valence-corrected chi connectivity index (χ4v) is 2.87. The van der Waals surface area contributed by atoms with Gasteiger partial charge in [0.05, 0.1) is 5.56 Å². The number of hydrogen-bond donors (Lipinski definition) is 1. The first-order chi connectivity index (χ1) is 10.0. The molecule has 0 aliphatic rings. The number of halogens is 1. The Balaban J connectivity index is 2.81. The van der Waals surface area contributed by atoms with Crippen molar-refractivity contribution in [2.75, 3.05) is 7.05 Å². The molecule has 0 aromatic heterocycles. The van der Waals surface area contributed by atoms with Crippen LogP contribution in [0.15, 0.2) is 23.6 Å². The highest BCUT2D eigenvalue weighted by atomic mass is 32.2. The molecule has 21 heavy (non-hydrogen) atoms. The fraction of sp³-hybridized carbons (Fsp3) is 0.375. The van der Waals surface area contributed by atoms with Crippen LogP contribution >= 0.6 is 11.8 Å². The number of rotatable bonds is 7. The Labute approximate surface area is 129 Å². The van der Waals surface area contributed by atoms with Crippen molar-refractivity contribution in [1.82, 2.24) is 5.32 Å². The van der Waals surface area contributed by atoms with Gasteiger partial charge in [-0.3, -0.25) is 0 Å². The SMILES string of the molecule is CNC(CC=O)C(C)S/C=C(\C)c1ccc(F)c(C#N)c1. The molecule has 3 nitrogen and oxygen atoms in total. The second-order valence-corrected chi connectivity index (χ2v) is 6.00. The van der Waals surface area contributed by atoms with Gasteiger partial charge in [0, 0.05) is 17.7 Å². The minimum Gasteiger partial charge on any atom is -0.315 e. The van der Waals surface area contributed by atoms with Crippen molar-refractivity contribution in [3.05, 3.63) is 40.6 Å². The quantitative estimate of drug-likeness (QED) is 0.785. The van der Waals surface area contributed by atoms with E-state index in [0.29, 0.717) is 6.42 Å². The molecule has 1 N–H and O–H groups in total. The van der Waals surface area contributed by atoms with E-state index in [1.807, 2.05) is 32.4 Å². The number of nitrogens with one attached hydrogen (secondary N) is 1. The molecule has 2 unspecified atom stereocenters. The van der Waals surface area contributed by atoms with Crippen molar-refractivity contribution >= 4 is 23.6 Å². The summed E-state index contributed by atoms with van der Waals surface area (Å²) in [7, 11) is 1.83. The third-order valence-electron chi connectivity index (χ3n) is 3.29. The lowest BCUT2D eigenvalue weighted by molar-refractivity contribution is -0.108. The molecule has 0 radical (unpaired) electrons. The zero-order valence-electron chi connectivity index (χ0n) is 12.4. The van der Waals surface area contributed by atoms with Crippen LogP contribution in [0, 0.1) is 17.1 Å². The maximum absolute atomic E-state index is 13.3. The first kappa shape index (κ1) is 17.4. The van der Waals surface area contributed by atoms with Gasteiger partial charge >= 0.3 is 0 Å². The number of nitriles is 1.